The van der Waals surface area contributed by atoms with Gasteiger partial charge in [0.2, 0.25) is 0 Å². The van der Waals surface area contributed by atoms with Crippen LogP contribution < -0.4 is 0 Å². The fourth-order valence-corrected chi connectivity index (χ4v) is 3.03. The summed E-state index contributed by atoms with van der Waals surface area (Å²) < 4.78 is 5.76. The van der Waals surface area contributed by atoms with Gasteiger partial charge >= 0.3 is 0 Å². The van der Waals surface area contributed by atoms with Crippen LogP contribution in [0.2, 0.25) is 0 Å². The smallest absolute Gasteiger partial charge is 0.111 e. The lowest BCUT2D eigenvalue weighted by molar-refractivity contribution is -0.0455. The molecule has 0 amide bonds. The molecule has 1 saturated heterocycles. The maximum atomic E-state index is 10.6. The Morgan fingerprint density at radius 3 is 2.87 bits per heavy atom. The Morgan fingerprint density at radius 2 is 2.07 bits per heavy atom. The van der Waals surface area contributed by atoms with E-state index in [9.17, 15) is 5.11 Å². The van der Waals surface area contributed by atoms with Crippen LogP contribution in [0.4, 0.5) is 0 Å². The van der Waals surface area contributed by atoms with E-state index in [1.54, 1.807) is 0 Å². The molecular formula is C13H16O2. The van der Waals surface area contributed by atoms with Gasteiger partial charge in [0.15, 0.2) is 0 Å². The second-order valence-electron chi connectivity index (χ2n) is 4.70. The number of hydrogen-bond acceptors (Lipinski definition) is 2. The Labute approximate surface area is 89.9 Å². The van der Waals surface area contributed by atoms with Crippen molar-refractivity contribution in [1.82, 2.24) is 0 Å². The summed E-state index contributed by atoms with van der Waals surface area (Å²) in [5.74, 6) is 0.350. The molecule has 15 heavy (non-hydrogen) atoms. The standard InChI is InChI=1S/C13H16O2/c14-13-8-4-7-11(13)9-15-12(13)10-5-2-1-3-6-10/h1-3,5-6,11-12,14H,4,7-9H2/t11-,12?,13+/m0/s1. The minimum Gasteiger partial charge on any atom is -0.386 e. The Kier molecular flexibility index (Phi) is 2.08. The first-order valence-electron chi connectivity index (χ1n) is 5.69. The normalized spacial score (nSPS) is 39.3. The van der Waals surface area contributed by atoms with Gasteiger partial charge < -0.3 is 9.84 Å². The first-order chi connectivity index (χ1) is 7.31. The molecule has 1 aliphatic carbocycles. The third-order valence-corrected chi connectivity index (χ3v) is 3.86. The van der Waals surface area contributed by atoms with Gasteiger partial charge in [-0.1, -0.05) is 30.3 Å². The van der Waals surface area contributed by atoms with E-state index in [4.69, 9.17) is 4.74 Å². The van der Waals surface area contributed by atoms with Gasteiger partial charge in [0, 0.05) is 5.92 Å². The van der Waals surface area contributed by atoms with Gasteiger partial charge in [0.05, 0.1) is 12.2 Å². The number of rotatable bonds is 1. The Hall–Kier alpha value is -0.860. The largest absolute Gasteiger partial charge is 0.386 e. The van der Waals surface area contributed by atoms with Crippen LogP contribution in [0, 0.1) is 5.92 Å². The number of fused-ring (bicyclic) bond motifs is 1. The molecule has 0 aromatic heterocycles. The van der Waals surface area contributed by atoms with Crippen molar-refractivity contribution in [2.24, 2.45) is 5.92 Å². The van der Waals surface area contributed by atoms with E-state index in [0.29, 0.717) is 5.92 Å². The van der Waals surface area contributed by atoms with Crippen LogP contribution in [-0.2, 0) is 4.74 Å². The summed E-state index contributed by atoms with van der Waals surface area (Å²) in [6.45, 7) is 0.718. The molecule has 1 aromatic carbocycles. The minimum absolute atomic E-state index is 0.105. The van der Waals surface area contributed by atoms with E-state index >= 15 is 0 Å². The zero-order chi connectivity index (χ0) is 10.3. The van der Waals surface area contributed by atoms with Crippen molar-refractivity contribution in [3.8, 4) is 0 Å². The second-order valence-corrected chi connectivity index (χ2v) is 4.70. The summed E-state index contributed by atoms with van der Waals surface area (Å²) in [4.78, 5) is 0. The highest BCUT2D eigenvalue weighted by Crippen LogP contribution is 2.50. The number of hydrogen-bond donors (Lipinski definition) is 1. The van der Waals surface area contributed by atoms with E-state index in [-0.39, 0.29) is 6.10 Å². The summed E-state index contributed by atoms with van der Waals surface area (Å²) in [6, 6.07) is 10.1. The van der Waals surface area contributed by atoms with Crippen molar-refractivity contribution >= 4 is 0 Å². The second kappa shape index (κ2) is 3.32. The summed E-state index contributed by atoms with van der Waals surface area (Å²) in [5, 5.41) is 10.6. The van der Waals surface area contributed by atoms with Gasteiger partial charge in [0.25, 0.3) is 0 Å². The molecule has 2 heteroatoms. The molecule has 2 aliphatic rings. The van der Waals surface area contributed by atoms with E-state index in [1.807, 2.05) is 30.3 Å². The van der Waals surface area contributed by atoms with Crippen LogP contribution in [0.25, 0.3) is 0 Å². The summed E-state index contributed by atoms with van der Waals surface area (Å²) in [5.41, 5.74) is 0.519. The third kappa shape index (κ3) is 1.32. The lowest BCUT2D eigenvalue weighted by Gasteiger charge is -2.28. The van der Waals surface area contributed by atoms with E-state index in [0.717, 1.165) is 31.4 Å². The molecule has 0 radical (unpaired) electrons. The molecule has 0 spiro atoms. The molecule has 3 atom stereocenters. The number of benzene rings is 1. The highest BCUT2D eigenvalue weighted by atomic mass is 16.5. The monoisotopic (exact) mass is 204 g/mol. The Morgan fingerprint density at radius 1 is 1.27 bits per heavy atom. The Bertz CT molecular complexity index is 349. The molecule has 2 fully saturated rings. The van der Waals surface area contributed by atoms with Gasteiger partial charge in [-0.15, -0.1) is 0 Å². The molecule has 2 nitrogen and oxygen atoms in total. The van der Waals surface area contributed by atoms with Crippen molar-refractivity contribution in [2.75, 3.05) is 6.61 Å². The molecule has 3 rings (SSSR count). The molecule has 1 unspecified atom stereocenters. The van der Waals surface area contributed by atoms with E-state index in [1.165, 1.54) is 0 Å². The van der Waals surface area contributed by atoms with Gasteiger partial charge in [0.1, 0.15) is 6.10 Å². The van der Waals surface area contributed by atoms with Crippen LogP contribution >= 0.6 is 0 Å². The van der Waals surface area contributed by atoms with Gasteiger partial charge in [-0.05, 0) is 24.8 Å². The lowest BCUT2D eigenvalue weighted by atomic mass is 9.85. The van der Waals surface area contributed by atoms with Crippen molar-refractivity contribution < 1.29 is 9.84 Å². The van der Waals surface area contributed by atoms with Crippen LogP contribution in [0.3, 0.4) is 0 Å². The van der Waals surface area contributed by atoms with Crippen LogP contribution in [0.5, 0.6) is 0 Å². The van der Waals surface area contributed by atoms with Crippen molar-refractivity contribution in [1.29, 1.82) is 0 Å². The maximum Gasteiger partial charge on any atom is 0.111 e. The minimum atomic E-state index is -0.596. The average Bonchev–Trinajstić information content (AvgIpc) is 2.75. The molecule has 1 saturated carbocycles. The average molecular weight is 204 g/mol. The predicted molar refractivity (Wildman–Crippen MR) is 57.4 cm³/mol. The Balaban J connectivity index is 1.95. The fourth-order valence-electron chi connectivity index (χ4n) is 3.03. The van der Waals surface area contributed by atoms with E-state index in [2.05, 4.69) is 0 Å². The molecule has 1 N–H and O–H groups in total. The summed E-state index contributed by atoms with van der Waals surface area (Å²) in [6.07, 6.45) is 3.02. The lowest BCUT2D eigenvalue weighted by Crippen LogP contribution is -2.34. The van der Waals surface area contributed by atoms with E-state index < -0.39 is 5.60 Å². The zero-order valence-electron chi connectivity index (χ0n) is 8.73. The first kappa shape index (κ1) is 9.37. The molecule has 0 bridgehead atoms. The predicted octanol–water partition coefficient (Wildman–Crippen LogP) is 2.29. The van der Waals surface area contributed by atoms with Crippen molar-refractivity contribution in [3.63, 3.8) is 0 Å². The fraction of sp³-hybridized carbons (Fsp3) is 0.538. The van der Waals surface area contributed by atoms with Crippen molar-refractivity contribution in [2.45, 2.75) is 31.0 Å². The molecular weight excluding hydrogens is 188 g/mol. The topological polar surface area (TPSA) is 29.5 Å². The van der Waals surface area contributed by atoms with Crippen LogP contribution in [0.1, 0.15) is 30.9 Å². The molecule has 1 heterocycles. The van der Waals surface area contributed by atoms with Gasteiger partial charge in [-0.3, -0.25) is 0 Å². The highest BCUT2D eigenvalue weighted by molar-refractivity contribution is 5.23. The SMILES string of the molecule is O[C@]12CCC[C@H]1COC2c1ccccc1. The maximum absolute atomic E-state index is 10.6. The third-order valence-electron chi connectivity index (χ3n) is 3.86. The zero-order valence-corrected chi connectivity index (χ0v) is 8.73. The van der Waals surface area contributed by atoms with Crippen LogP contribution in [0.15, 0.2) is 30.3 Å². The van der Waals surface area contributed by atoms with Gasteiger partial charge in [-0.25, -0.2) is 0 Å². The highest BCUT2D eigenvalue weighted by Gasteiger charge is 2.53. The molecule has 1 aromatic rings. The summed E-state index contributed by atoms with van der Waals surface area (Å²) >= 11 is 0. The number of aliphatic hydroxyl groups is 1. The van der Waals surface area contributed by atoms with Crippen LogP contribution in [-0.4, -0.2) is 17.3 Å². The first-order valence-corrected chi connectivity index (χ1v) is 5.69. The number of ether oxygens (including phenoxy) is 1. The molecule has 1 aliphatic heterocycles. The summed E-state index contributed by atoms with van der Waals surface area (Å²) in [7, 11) is 0. The molecule has 80 valence electrons. The van der Waals surface area contributed by atoms with Crippen molar-refractivity contribution in [3.05, 3.63) is 35.9 Å². The van der Waals surface area contributed by atoms with Gasteiger partial charge in [-0.2, -0.15) is 0 Å². The quantitative estimate of drug-likeness (QED) is 0.760.